The van der Waals surface area contributed by atoms with Crippen molar-refractivity contribution >= 4 is 11.6 Å². The molecule has 0 aromatic heterocycles. The Hall–Kier alpha value is -2.09. The highest BCUT2D eigenvalue weighted by atomic mass is 19.1. The summed E-state index contributed by atoms with van der Waals surface area (Å²) >= 11 is 0. The lowest BCUT2D eigenvalue weighted by Gasteiger charge is -2.12. The number of carbonyl (C=O) groups excluding carboxylic acids is 1. The molecule has 96 valence electrons. The molecule has 3 nitrogen and oxygen atoms in total. The van der Waals surface area contributed by atoms with Crippen LogP contribution in [0.5, 0.6) is 0 Å². The summed E-state index contributed by atoms with van der Waals surface area (Å²) in [5, 5.41) is 2.48. The third kappa shape index (κ3) is 3.20. The number of anilines is 1. The van der Waals surface area contributed by atoms with Gasteiger partial charge in [0.05, 0.1) is 17.3 Å². The summed E-state index contributed by atoms with van der Waals surface area (Å²) in [6, 6.07) is 1.06. The Bertz CT molecular complexity index is 494. The van der Waals surface area contributed by atoms with Crippen molar-refractivity contribution in [3.63, 3.8) is 0 Å². The van der Waals surface area contributed by atoms with E-state index in [2.05, 4.69) is 11.2 Å². The quantitative estimate of drug-likeness (QED) is 0.636. The average Bonchev–Trinajstić information content (AvgIpc) is 2.33. The minimum atomic E-state index is -0.966. The fourth-order valence-corrected chi connectivity index (χ4v) is 1.46. The third-order valence-electron chi connectivity index (χ3n) is 2.41. The summed E-state index contributed by atoms with van der Waals surface area (Å²) in [5.41, 5.74) is 4.69. The smallest absolute Gasteiger partial charge is 0.255 e. The molecule has 0 saturated carbocycles. The van der Waals surface area contributed by atoms with Crippen LogP contribution in [0, 0.1) is 24.0 Å². The number of hydrogen-bond acceptors (Lipinski definition) is 2. The van der Waals surface area contributed by atoms with Crippen molar-refractivity contribution in [1.82, 2.24) is 5.32 Å². The molecule has 1 amide bonds. The Labute approximate surface area is 104 Å². The van der Waals surface area contributed by atoms with Crippen molar-refractivity contribution in [3.8, 4) is 12.3 Å². The number of nitrogens with one attached hydrogen (secondary N) is 1. The Morgan fingerprint density at radius 2 is 2.17 bits per heavy atom. The van der Waals surface area contributed by atoms with Gasteiger partial charge in [0.1, 0.15) is 11.6 Å². The second-order valence-corrected chi connectivity index (χ2v) is 3.83. The van der Waals surface area contributed by atoms with Crippen LogP contribution >= 0.6 is 0 Å². The van der Waals surface area contributed by atoms with E-state index in [0.29, 0.717) is 12.5 Å². The minimum Gasteiger partial charge on any atom is -0.396 e. The van der Waals surface area contributed by atoms with E-state index in [1.807, 2.05) is 6.92 Å². The van der Waals surface area contributed by atoms with E-state index in [4.69, 9.17) is 12.2 Å². The van der Waals surface area contributed by atoms with Crippen LogP contribution in [0.15, 0.2) is 12.1 Å². The zero-order chi connectivity index (χ0) is 13.7. The number of rotatable bonds is 4. The van der Waals surface area contributed by atoms with Crippen molar-refractivity contribution in [2.45, 2.75) is 25.8 Å². The highest BCUT2D eigenvalue weighted by molar-refractivity contribution is 5.95. The maximum atomic E-state index is 13.4. The number of hydrogen-bond donors (Lipinski definition) is 2. The molecule has 0 fully saturated rings. The summed E-state index contributed by atoms with van der Waals surface area (Å²) in [5.74, 6) is -0.172. The molecular formula is C13H14F2N2O. The molecule has 1 aromatic carbocycles. The number of amides is 1. The van der Waals surface area contributed by atoms with E-state index in [1.165, 1.54) is 0 Å². The summed E-state index contributed by atoms with van der Waals surface area (Å²) in [7, 11) is 0. The molecule has 0 heterocycles. The number of terminal acetylenes is 1. The van der Waals surface area contributed by atoms with Crippen molar-refractivity contribution in [2.75, 3.05) is 5.73 Å². The number of nitrogen functional groups attached to an aromatic ring is 1. The van der Waals surface area contributed by atoms with Crippen LogP contribution in [0.3, 0.4) is 0 Å². The van der Waals surface area contributed by atoms with E-state index >= 15 is 0 Å². The first kappa shape index (κ1) is 14.0. The lowest BCUT2D eigenvalue weighted by atomic mass is 10.1. The van der Waals surface area contributed by atoms with Crippen LogP contribution in [0.2, 0.25) is 0 Å². The highest BCUT2D eigenvalue weighted by Gasteiger charge is 2.17. The zero-order valence-corrected chi connectivity index (χ0v) is 9.97. The maximum absolute atomic E-state index is 13.4. The topological polar surface area (TPSA) is 55.1 Å². The molecule has 1 atom stereocenters. The normalized spacial score (nSPS) is 11.7. The summed E-state index contributed by atoms with van der Waals surface area (Å²) in [6.45, 7) is 1.91. The SMILES string of the molecule is C#CC(CCC)NC(=O)c1cc(N)c(F)cc1F. The Balaban J connectivity index is 2.91. The molecule has 0 aliphatic carbocycles. The van der Waals surface area contributed by atoms with Crippen LogP contribution in [0.4, 0.5) is 14.5 Å². The molecule has 3 N–H and O–H groups in total. The van der Waals surface area contributed by atoms with Gasteiger partial charge in [-0.25, -0.2) is 8.78 Å². The van der Waals surface area contributed by atoms with Crippen LogP contribution in [-0.2, 0) is 0 Å². The molecule has 0 bridgehead atoms. The molecule has 0 saturated heterocycles. The first-order valence-corrected chi connectivity index (χ1v) is 5.51. The van der Waals surface area contributed by atoms with E-state index in [0.717, 1.165) is 12.5 Å². The first-order chi connectivity index (χ1) is 8.49. The van der Waals surface area contributed by atoms with E-state index in [-0.39, 0.29) is 11.3 Å². The van der Waals surface area contributed by atoms with Crippen LogP contribution in [-0.4, -0.2) is 11.9 Å². The first-order valence-electron chi connectivity index (χ1n) is 5.51. The number of halogens is 2. The number of carbonyl (C=O) groups is 1. The maximum Gasteiger partial charge on any atom is 0.255 e. The second kappa shape index (κ2) is 6.01. The van der Waals surface area contributed by atoms with Crippen molar-refractivity contribution in [1.29, 1.82) is 0 Å². The van der Waals surface area contributed by atoms with Crippen molar-refractivity contribution in [2.24, 2.45) is 0 Å². The van der Waals surface area contributed by atoms with Gasteiger partial charge in [0, 0.05) is 6.07 Å². The largest absolute Gasteiger partial charge is 0.396 e. The van der Waals surface area contributed by atoms with Gasteiger partial charge in [0.15, 0.2) is 0 Å². The molecule has 0 aliphatic heterocycles. The predicted molar refractivity (Wildman–Crippen MR) is 65.8 cm³/mol. The molecule has 1 unspecified atom stereocenters. The monoisotopic (exact) mass is 252 g/mol. The molecule has 5 heteroatoms. The Morgan fingerprint density at radius 3 is 2.72 bits per heavy atom. The van der Waals surface area contributed by atoms with Gasteiger partial charge >= 0.3 is 0 Å². The van der Waals surface area contributed by atoms with Gasteiger partial charge in [-0.15, -0.1) is 6.42 Å². The molecule has 1 rings (SSSR count). The molecular weight excluding hydrogens is 238 g/mol. The number of benzene rings is 1. The summed E-state index contributed by atoms with van der Waals surface area (Å²) in [4.78, 5) is 11.7. The standard InChI is InChI=1S/C13H14F2N2O/c1-3-5-8(4-2)17-13(18)9-6-12(16)11(15)7-10(9)14/h2,6-8H,3,5,16H2,1H3,(H,17,18). The number of nitrogens with two attached hydrogens (primary N) is 1. The Kier molecular flexibility index (Phi) is 4.67. The molecule has 18 heavy (non-hydrogen) atoms. The van der Waals surface area contributed by atoms with Gasteiger partial charge in [0.25, 0.3) is 5.91 Å². The molecule has 1 aromatic rings. The Morgan fingerprint density at radius 1 is 1.50 bits per heavy atom. The average molecular weight is 252 g/mol. The van der Waals surface area contributed by atoms with Gasteiger partial charge in [-0.3, -0.25) is 4.79 Å². The second-order valence-electron chi connectivity index (χ2n) is 3.83. The lowest BCUT2D eigenvalue weighted by Crippen LogP contribution is -2.34. The third-order valence-corrected chi connectivity index (χ3v) is 2.41. The van der Waals surface area contributed by atoms with Crippen molar-refractivity contribution in [3.05, 3.63) is 29.3 Å². The summed E-state index contributed by atoms with van der Waals surface area (Å²) < 4.78 is 26.4. The molecule has 0 spiro atoms. The highest BCUT2D eigenvalue weighted by Crippen LogP contribution is 2.16. The van der Waals surface area contributed by atoms with Crippen LogP contribution in [0.1, 0.15) is 30.1 Å². The van der Waals surface area contributed by atoms with Crippen LogP contribution < -0.4 is 11.1 Å². The minimum absolute atomic E-state index is 0.283. The van der Waals surface area contributed by atoms with E-state index < -0.39 is 23.6 Å². The fourth-order valence-electron chi connectivity index (χ4n) is 1.46. The molecule has 0 radical (unpaired) electrons. The van der Waals surface area contributed by atoms with Gasteiger partial charge in [0.2, 0.25) is 0 Å². The summed E-state index contributed by atoms with van der Waals surface area (Å²) in [6.07, 6.45) is 6.60. The van der Waals surface area contributed by atoms with E-state index in [1.54, 1.807) is 0 Å². The molecule has 0 aliphatic rings. The van der Waals surface area contributed by atoms with E-state index in [9.17, 15) is 13.6 Å². The lowest BCUT2D eigenvalue weighted by molar-refractivity contribution is 0.0940. The van der Waals surface area contributed by atoms with Gasteiger partial charge in [-0.1, -0.05) is 19.3 Å². The fraction of sp³-hybridized carbons (Fsp3) is 0.308. The van der Waals surface area contributed by atoms with Gasteiger partial charge in [-0.2, -0.15) is 0 Å². The zero-order valence-electron chi connectivity index (χ0n) is 9.97. The van der Waals surface area contributed by atoms with Gasteiger partial charge < -0.3 is 11.1 Å². The van der Waals surface area contributed by atoms with Gasteiger partial charge in [-0.05, 0) is 12.5 Å². The predicted octanol–water partition coefficient (Wildman–Crippen LogP) is 2.08. The van der Waals surface area contributed by atoms with Crippen molar-refractivity contribution < 1.29 is 13.6 Å². The van der Waals surface area contributed by atoms with Crippen LogP contribution in [0.25, 0.3) is 0 Å².